The lowest BCUT2D eigenvalue weighted by Gasteiger charge is -1.97. The van der Waals surface area contributed by atoms with E-state index in [1.54, 1.807) is 11.3 Å². The Morgan fingerprint density at radius 1 is 1.25 bits per heavy atom. The molecule has 6 heteroatoms. The van der Waals surface area contributed by atoms with Crippen LogP contribution in [0.2, 0.25) is 0 Å². The van der Waals surface area contributed by atoms with Crippen LogP contribution in [0.1, 0.15) is 34.5 Å². The van der Waals surface area contributed by atoms with Crippen LogP contribution >= 0.6 is 11.3 Å². The molecule has 1 aliphatic carbocycles. The van der Waals surface area contributed by atoms with Crippen molar-refractivity contribution < 1.29 is 0 Å². The summed E-state index contributed by atoms with van der Waals surface area (Å²) >= 11 is 1.73. The number of fused-ring (bicyclic) bond motifs is 1. The summed E-state index contributed by atoms with van der Waals surface area (Å²) in [6, 6.07) is 6.02. The van der Waals surface area contributed by atoms with Crippen molar-refractivity contribution in [1.82, 2.24) is 24.9 Å². The third-order valence-electron chi connectivity index (χ3n) is 3.41. The van der Waals surface area contributed by atoms with E-state index in [-0.39, 0.29) is 0 Å². The zero-order chi connectivity index (χ0) is 13.4. The first-order valence-corrected chi connectivity index (χ1v) is 7.66. The molecule has 5 nitrogen and oxygen atoms in total. The smallest absolute Gasteiger partial charge is 0.137 e. The summed E-state index contributed by atoms with van der Waals surface area (Å²) in [6.07, 6.45) is 6.63. The molecule has 3 aromatic heterocycles. The molecular weight excluding hydrogens is 270 g/mol. The minimum Gasteiger partial charge on any atom is -0.307 e. The van der Waals surface area contributed by atoms with Gasteiger partial charge in [0, 0.05) is 24.9 Å². The SMILES string of the molecule is c1ccn2cc(CNCc3nnc(C4CC4)s3)nc2c1. The fourth-order valence-electron chi connectivity index (χ4n) is 2.20. The first-order valence-electron chi connectivity index (χ1n) is 6.84. The van der Waals surface area contributed by atoms with E-state index < -0.39 is 0 Å². The zero-order valence-electron chi connectivity index (χ0n) is 11.0. The number of hydrogen-bond donors (Lipinski definition) is 1. The highest BCUT2D eigenvalue weighted by Crippen LogP contribution is 2.41. The fourth-order valence-corrected chi connectivity index (χ4v) is 3.18. The van der Waals surface area contributed by atoms with Crippen LogP contribution in [0.25, 0.3) is 5.65 Å². The first-order chi connectivity index (χ1) is 9.88. The maximum Gasteiger partial charge on any atom is 0.137 e. The highest BCUT2D eigenvalue weighted by atomic mass is 32.1. The Morgan fingerprint density at radius 2 is 2.20 bits per heavy atom. The summed E-state index contributed by atoms with van der Waals surface area (Å²) in [5.74, 6) is 0.694. The maximum absolute atomic E-state index is 4.56. The minimum atomic E-state index is 0.694. The average Bonchev–Trinajstić information content (AvgIpc) is 3.06. The Bertz CT molecular complexity index is 695. The van der Waals surface area contributed by atoms with E-state index in [9.17, 15) is 0 Å². The monoisotopic (exact) mass is 285 g/mol. The molecule has 1 N–H and O–H groups in total. The van der Waals surface area contributed by atoms with Crippen LogP contribution in [0.15, 0.2) is 30.6 Å². The number of pyridine rings is 1. The van der Waals surface area contributed by atoms with Crippen molar-refractivity contribution in [2.24, 2.45) is 0 Å². The second kappa shape index (κ2) is 4.96. The third-order valence-corrected chi connectivity index (χ3v) is 4.49. The lowest BCUT2D eigenvalue weighted by Crippen LogP contribution is -2.12. The highest BCUT2D eigenvalue weighted by molar-refractivity contribution is 7.11. The van der Waals surface area contributed by atoms with Crippen molar-refractivity contribution in [2.45, 2.75) is 31.8 Å². The van der Waals surface area contributed by atoms with Crippen molar-refractivity contribution in [3.05, 3.63) is 46.3 Å². The highest BCUT2D eigenvalue weighted by Gasteiger charge is 2.27. The second-order valence-electron chi connectivity index (χ2n) is 5.11. The molecule has 4 rings (SSSR count). The van der Waals surface area contributed by atoms with E-state index in [0.29, 0.717) is 5.92 Å². The van der Waals surface area contributed by atoms with Crippen molar-refractivity contribution in [1.29, 1.82) is 0 Å². The van der Waals surface area contributed by atoms with Gasteiger partial charge >= 0.3 is 0 Å². The molecule has 1 aliphatic rings. The van der Waals surface area contributed by atoms with Crippen molar-refractivity contribution in [3.63, 3.8) is 0 Å². The zero-order valence-corrected chi connectivity index (χ0v) is 11.8. The van der Waals surface area contributed by atoms with Crippen LogP contribution < -0.4 is 5.32 Å². The maximum atomic E-state index is 4.56. The number of aromatic nitrogens is 4. The standard InChI is InChI=1S/C14H15N5S/c1-2-6-19-9-11(16-12(19)3-1)7-15-8-13-17-18-14(20-13)10-4-5-10/h1-3,6,9-10,15H,4-5,7-8H2. The van der Waals surface area contributed by atoms with E-state index in [2.05, 4.69) is 26.7 Å². The Balaban J connectivity index is 1.37. The van der Waals surface area contributed by atoms with Crippen LogP contribution in [-0.4, -0.2) is 19.6 Å². The number of nitrogens with one attached hydrogen (secondary N) is 1. The minimum absolute atomic E-state index is 0.694. The van der Waals surface area contributed by atoms with E-state index in [0.717, 1.165) is 29.4 Å². The van der Waals surface area contributed by atoms with Gasteiger partial charge in [-0.25, -0.2) is 4.98 Å². The van der Waals surface area contributed by atoms with Gasteiger partial charge in [-0.1, -0.05) is 17.4 Å². The summed E-state index contributed by atoms with van der Waals surface area (Å²) in [6.45, 7) is 1.51. The molecule has 0 spiro atoms. The van der Waals surface area contributed by atoms with Crippen molar-refractivity contribution in [3.8, 4) is 0 Å². The predicted octanol–water partition coefficient (Wildman–Crippen LogP) is 2.35. The fraction of sp³-hybridized carbons (Fsp3) is 0.357. The first kappa shape index (κ1) is 12.0. The molecule has 20 heavy (non-hydrogen) atoms. The Hall–Kier alpha value is -1.79. The molecule has 0 unspecified atom stereocenters. The largest absolute Gasteiger partial charge is 0.307 e. The molecular formula is C14H15N5S. The van der Waals surface area contributed by atoms with Crippen LogP contribution in [0, 0.1) is 0 Å². The molecule has 0 bridgehead atoms. The van der Waals surface area contributed by atoms with Gasteiger partial charge in [-0.2, -0.15) is 0 Å². The molecule has 0 saturated heterocycles. The Labute approximate surface area is 120 Å². The van der Waals surface area contributed by atoms with E-state index in [1.807, 2.05) is 28.8 Å². The van der Waals surface area contributed by atoms with Gasteiger partial charge in [0.15, 0.2) is 0 Å². The Kier molecular flexibility index (Phi) is 2.97. The molecule has 3 heterocycles. The quantitative estimate of drug-likeness (QED) is 0.782. The van der Waals surface area contributed by atoms with Gasteiger partial charge in [0.1, 0.15) is 15.7 Å². The summed E-state index contributed by atoms with van der Waals surface area (Å²) in [5.41, 5.74) is 2.03. The molecule has 0 radical (unpaired) electrons. The van der Waals surface area contributed by atoms with E-state index in [1.165, 1.54) is 17.8 Å². The molecule has 0 atom stereocenters. The second-order valence-corrected chi connectivity index (χ2v) is 6.20. The summed E-state index contributed by atoms with van der Waals surface area (Å²) in [7, 11) is 0. The van der Waals surface area contributed by atoms with Gasteiger partial charge in [-0.15, -0.1) is 10.2 Å². The molecule has 102 valence electrons. The predicted molar refractivity (Wildman–Crippen MR) is 77.6 cm³/mol. The van der Waals surface area contributed by atoms with Gasteiger partial charge in [-0.3, -0.25) is 0 Å². The third kappa shape index (κ3) is 2.44. The Morgan fingerprint density at radius 3 is 3.05 bits per heavy atom. The van der Waals surface area contributed by atoms with Crippen LogP contribution in [0.4, 0.5) is 0 Å². The van der Waals surface area contributed by atoms with Gasteiger partial charge in [-0.05, 0) is 25.0 Å². The van der Waals surface area contributed by atoms with E-state index >= 15 is 0 Å². The van der Waals surface area contributed by atoms with Gasteiger partial charge in [0.25, 0.3) is 0 Å². The normalized spacial score (nSPS) is 15.0. The molecule has 3 aromatic rings. The van der Waals surface area contributed by atoms with Crippen LogP contribution in [-0.2, 0) is 13.1 Å². The average molecular weight is 285 g/mol. The van der Waals surface area contributed by atoms with Crippen LogP contribution in [0.3, 0.4) is 0 Å². The number of rotatable bonds is 5. The molecule has 0 aromatic carbocycles. The number of imidazole rings is 1. The lowest BCUT2D eigenvalue weighted by molar-refractivity contribution is 0.673. The van der Waals surface area contributed by atoms with Crippen LogP contribution in [0.5, 0.6) is 0 Å². The lowest BCUT2D eigenvalue weighted by atomic mass is 10.4. The number of hydrogen-bond acceptors (Lipinski definition) is 5. The molecule has 1 saturated carbocycles. The van der Waals surface area contributed by atoms with Gasteiger partial charge in [0.05, 0.1) is 12.2 Å². The number of nitrogens with zero attached hydrogens (tertiary/aromatic N) is 4. The van der Waals surface area contributed by atoms with Gasteiger partial charge in [0.2, 0.25) is 0 Å². The topological polar surface area (TPSA) is 55.1 Å². The van der Waals surface area contributed by atoms with Crippen molar-refractivity contribution >= 4 is 17.0 Å². The summed E-state index contributed by atoms with van der Waals surface area (Å²) in [5, 5.41) is 14.1. The van der Waals surface area contributed by atoms with E-state index in [4.69, 9.17) is 0 Å². The molecule has 0 aliphatic heterocycles. The summed E-state index contributed by atoms with van der Waals surface area (Å²) < 4.78 is 2.03. The van der Waals surface area contributed by atoms with Crippen molar-refractivity contribution in [2.75, 3.05) is 0 Å². The van der Waals surface area contributed by atoms with Gasteiger partial charge < -0.3 is 9.72 Å². The molecule has 1 fully saturated rings. The molecule has 0 amide bonds. The summed E-state index contributed by atoms with van der Waals surface area (Å²) in [4.78, 5) is 4.56.